The van der Waals surface area contributed by atoms with E-state index in [0.29, 0.717) is 10.0 Å². The monoisotopic (exact) mass is 274 g/mol. The molecule has 1 aromatic rings. The highest BCUT2D eigenvalue weighted by Gasteiger charge is 2.15. The van der Waals surface area contributed by atoms with Gasteiger partial charge in [0.2, 0.25) is 0 Å². The molecule has 0 aliphatic heterocycles. The van der Waals surface area contributed by atoms with Gasteiger partial charge in [-0.25, -0.2) is 4.39 Å². The van der Waals surface area contributed by atoms with E-state index in [-0.39, 0.29) is 12.2 Å². The fraction of sp³-hybridized carbons (Fsp3) is 0.364. The minimum Gasteiger partial charge on any atom is -0.481 e. The third kappa shape index (κ3) is 3.02. The van der Waals surface area contributed by atoms with Crippen molar-refractivity contribution in [3.05, 3.63) is 33.5 Å². The van der Waals surface area contributed by atoms with Gasteiger partial charge in [0, 0.05) is 4.47 Å². The smallest absolute Gasteiger partial charge is 0.306 e. The molecule has 1 rings (SSSR count). The third-order valence-corrected chi connectivity index (χ3v) is 3.13. The first kappa shape index (κ1) is 12.2. The normalized spacial score (nSPS) is 12.5. The molecule has 1 N–H and O–H groups in total. The van der Waals surface area contributed by atoms with Crippen LogP contribution in [0.25, 0.3) is 0 Å². The Bertz CT molecular complexity index is 390. The second-order valence-electron chi connectivity index (χ2n) is 3.64. The zero-order chi connectivity index (χ0) is 11.6. The first-order chi connectivity index (χ1) is 6.91. The van der Waals surface area contributed by atoms with Gasteiger partial charge in [0.05, 0.1) is 5.92 Å². The van der Waals surface area contributed by atoms with Crippen molar-refractivity contribution in [1.82, 2.24) is 0 Å². The first-order valence-electron chi connectivity index (χ1n) is 4.59. The molecule has 0 amide bonds. The standard InChI is InChI=1S/C11H12BrFO2/c1-6-3-8(4-7(2)11(14)15)10(13)5-9(6)12/h3,5,7H,4H2,1-2H3,(H,14,15). The van der Waals surface area contributed by atoms with Crippen LogP contribution in [-0.2, 0) is 11.2 Å². The maximum Gasteiger partial charge on any atom is 0.306 e. The highest BCUT2D eigenvalue weighted by molar-refractivity contribution is 9.10. The molecule has 1 unspecified atom stereocenters. The van der Waals surface area contributed by atoms with Crippen LogP contribution in [0, 0.1) is 18.7 Å². The van der Waals surface area contributed by atoms with Crippen molar-refractivity contribution in [2.45, 2.75) is 20.3 Å². The summed E-state index contributed by atoms with van der Waals surface area (Å²) in [4.78, 5) is 10.6. The SMILES string of the molecule is Cc1cc(CC(C)C(=O)O)c(F)cc1Br. The van der Waals surface area contributed by atoms with Crippen molar-refractivity contribution >= 4 is 21.9 Å². The molecule has 0 spiro atoms. The van der Waals surface area contributed by atoms with Crippen molar-refractivity contribution in [2.75, 3.05) is 0 Å². The van der Waals surface area contributed by atoms with Crippen molar-refractivity contribution in [1.29, 1.82) is 0 Å². The van der Waals surface area contributed by atoms with Gasteiger partial charge >= 0.3 is 5.97 Å². The Kier molecular flexibility index (Phi) is 3.85. The molecular formula is C11H12BrFO2. The summed E-state index contributed by atoms with van der Waals surface area (Å²) in [7, 11) is 0. The molecule has 82 valence electrons. The maximum absolute atomic E-state index is 13.4. The minimum absolute atomic E-state index is 0.218. The van der Waals surface area contributed by atoms with E-state index in [0.717, 1.165) is 5.56 Å². The van der Waals surface area contributed by atoms with Gasteiger partial charge in [0.15, 0.2) is 0 Å². The Morgan fingerprint density at radius 3 is 2.73 bits per heavy atom. The number of benzene rings is 1. The second kappa shape index (κ2) is 4.75. The predicted molar refractivity (Wildman–Crippen MR) is 59.3 cm³/mol. The first-order valence-corrected chi connectivity index (χ1v) is 5.38. The molecule has 0 aliphatic carbocycles. The molecule has 0 radical (unpaired) electrons. The summed E-state index contributed by atoms with van der Waals surface area (Å²) < 4.78 is 14.1. The number of hydrogen-bond donors (Lipinski definition) is 1. The molecule has 2 nitrogen and oxygen atoms in total. The summed E-state index contributed by atoms with van der Waals surface area (Å²) in [6.07, 6.45) is 0.218. The summed E-state index contributed by atoms with van der Waals surface area (Å²) in [5, 5.41) is 8.73. The Labute approximate surface area is 96.2 Å². The molecule has 15 heavy (non-hydrogen) atoms. The van der Waals surface area contributed by atoms with E-state index < -0.39 is 11.9 Å². The van der Waals surface area contributed by atoms with Crippen molar-refractivity contribution in [3.63, 3.8) is 0 Å². The Hall–Kier alpha value is -0.900. The van der Waals surface area contributed by atoms with Crippen molar-refractivity contribution in [2.24, 2.45) is 5.92 Å². The molecule has 1 atom stereocenters. The van der Waals surface area contributed by atoms with Crippen LogP contribution >= 0.6 is 15.9 Å². The van der Waals surface area contributed by atoms with Gasteiger partial charge in [-0.3, -0.25) is 4.79 Å². The average molecular weight is 275 g/mol. The van der Waals surface area contributed by atoms with Crippen LogP contribution in [0.5, 0.6) is 0 Å². The van der Waals surface area contributed by atoms with Crippen molar-refractivity contribution < 1.29 is 14.3 Å². The molecule has 4 heteroatoms. The summed E-state index contributed by atoms with van der Waals surface area (Å²) >= 11 is 3.22. The van der Waals surface area contributed by atoms with Gasteiger partial charge in [-0.2, -0.15) is 0 Å². The highest BCUT2D eigenvalue weighted by atomic mass is 79.9. The lowest BCUT2D eigenvalue weighted by atomic mass is 9.99. The molecule has 0 saturated carbocycles. The molecular weight excluding hydrogens is 263 g/mol. The van der Waals surface area contributed by atoms with Gasteiger partial charge in [-0.1, -0.05) is 28.9 Å². The van der Waals surface area contributed by atoms with Crippen LogP contribution in [0.1, 0.15) is 18.1 Å². The minimum atomic E-state index is -0.907. The molecule has 0 heterocycles. The topological polar surface area (TPSA) is 37.3 Å². The van der Waals surface area contributed by atoms with Gasteiger partial charge in [-0.15, -0.1) is 0 Å². The van der Waals surface area contributed by atoms with E-state index in [1.54, 1.807) is 13.0 Å². The van der Waals surface area contributed by atoms with Gasteiger partial charge in [-0.05, 0) is 30.5 Å². The predicted octanol–water partition coefficient (Wildman–Crippen LogP) is 3.16. The van der Waals surface area contributed by atoms with Crippen LogP contribution < -0.4 is 0 Å². The summed E-state index contributed by atoms with van der Waals surface area (Å²) in [5.41, 5.74) is 1.36. The fourth-order valence-electron chi connectivity index (χ4n) is 1.29. The number of halogens is 2. The van der Waals surface area contributed by atoms with E-state index in [1.165, 1.54) is 6.07 Å². The third-order valence-electron chi connectivity index (χ3n) is 2.28. The number of carboxylic acid groups (broad SMARTS) is 1. The summed E-state index contributed by atoms with van der Waals surface area (Å²) in [6, 6.07) is 3.05. The molecule has 0 aromatic heterocycles. The fourth-order valence-corrected chi connectivity index (χ4v) is 1.61. The lowest BCUT2D eigenvalue weighted by Crippen LogP contribution is -2.13. The van der Waals surface area contributed by atoms with Gasteiger partial charge in [0.25, 0.3) is 0 Å². The van der Waals surface area contributed by atoms with E-state index in [9.17, 15) is 9.18 Å². The van der Waals surface area contributed by atoms with E-state index in [1.807, 2.05) is 6.92 Å². The number of carboxylic acids is 1. The molecule has 0 fully saturated rings. The lowest BCUT2D eigenvalue weighted by molar-refractivity contribution is -0.141. The maximum atomic E-state index is 13.4. The van der Waals surface area contributed by atoms with E-state index >= 15 is 0 Å². The second-order valence-corrected chi connectivity index (χ2v) is 4.49. The quantitative estimate of drug-likeness (QED) is 0.920. The average Bonchev–Trinajstić information content (AvgIpc) is 2.13. The summed E-state index contributed by atoms with van der Waals surface area (Å²) in [6.45, 7) is 3.41. The number of aryl methyl sites for hydroxylation is 1. The van der Waals surface area contributed by atoms with Crippen LogP contribution in [0.4, 0.5) is 4.39 Å². The highest BCUT2D eigenvalue weighted by Crippen LogP contribution is 2.22. The molecule has 0 aliphatic rings. The van der Waals surface area contributed by atoms with Crippen LogP contribution in [0.2, 0.25) is 0 Å². The summed E-state index contributed by atoms with van der Waals surface area (Å²) in [5.74, 6) is -1.84. The van der Waals surface area contributed by atoms with Gasteiger partial charge in [0.1, 0.15) is 5.82 Å². The lowest BCUT2D eigenvalue weighted by Gasteiger charge is -2.09. The Morgan fingerprint density at radius 2 is 2.20 bits per heavy atom. The van der Waals surface area contributed by atoms with E-state index in [4.69, 9.17) is 5.11 Å². The van der Waals surface area contributed by atoms with Crippen LogP contribution in [0.3, 0.4) is 0 Å². The number of hydrogen-bond acceptors (Lipinski definition) is 1. The van der Waals surface area contributed by atoms with E-state index in [2.05, 4.69) is 15.9 Å². The largest absolute Gasteiger partial charge is 0.481 e. The molecule has 0 saturated heterocycles. The number of aliphatic carboxylic acids is 1. The van der Waals surface area contributed by atoms with Gasteiger partial charge < -0.3 is 5.11 Å². The zero-order valence-corrected chi connectivity index (χ0v) is 10.1. The zero-order valence-electron chi connectivity index (χ0n) is 8.55. The van der Waals surface area contributed by atoms with Crippen LogP contribution in [-0.4, -0.2) is 11.1 Å². The number of carbonyl (C=O) groups is 1. The molecule has 0 bridgehead atoms. The number of rotatable bonds is 3. The Morgan fingerprint density at radius 1 is 1.60 bits per heavy atom. The van der Waals surface area contributed by atoms with Crippen LogP contribution in [0.15, 0.2) is 16.6 Å². The Balaban J connectivity index is 2.95. The van der Waals surface area contributed by atoms with Crippen molar-refractivity contribution in [3.8, 4) is 0 Å². The molecule has 1 aromatic carbocycles.